The van der Waals surface area contributed by atoms with E-state index in [9.17, 15) is 4.79 Å². The Morgan fingerprint density at radius 1 is 1.23 bits per heavy atom. The van der Waals surface area contributed by atoms with Crippen molar-refractivity contribution in [2.24, 2.45) is 0 Å². The van der Waals surface area contributed by atoms with Crippen LogP contribution in [0.2, 0.25) is 0 Å². The maximum atomic E-state index is 10.5. The number of carbonyl (C=O) groups excluding carboxylic acids is 1. The highest BCUT2D eigenvalue weighted by Crippen LogP contribution is 2.21. The Bertz CT molecular complexity index is 343. The van der Waals surface area contributed by atoms with Crippen LogP contribution in [0.15, 0.2) is 34.8 Å². The summed E-state index contributed by atoms with van der Waals surface area (Å²) in [7, 11) is 0. The molecule has 0 aliphatic heterocycles. The monoisotopic (exact) mass is 278 g/mol. The third kappa shape index (κ3) is 3.51. The highest BCUT2D eigenvalue weighted by atomic mass is 79.9. The first kappa shape index (κ1) is 10.8. The Morgan fingerprint density at radius 3 is 2.23 bits per heavy atom. The van der Waals surface area contributed by atoms with Gasteiger partial charge in [-0.2, -0.15) is 0 Å². The van der Waals surface area contributed by atoms with Gasteiger partial charge in [0.15, 0.2) is 0 Å². The first-order chi connectivity index (χ1) is 6.09. The predicted molar refractivity (Wildman–Crippen MR) is 58.8 cm³/mol. The Hall–Kier alpha value is -0.310. The van der Waals surface area contributed by atoms with Crippen LogP contribution in [0.3, 0.4) is 0 Å². The van der Waals surface area contributed by atoms with Crippen molar-refractivity contribution in [1.29, 1.82) is 0 Å². The summed E-state index contributed by atoms with van der Waals surface area (Å²) in [6.45, 7) is 0. The number of carbonyl (C=O) groups is 1. The quantitative estimate of drug-likeness (QED) is 0.595. The molecule has 0 unspecified atom stereocenters. The number of benzene rings is 1. The lowest BCUT2D eigenvalue weighted by molar-refractivity contribution is -0.107. The fraction of sp³-hybridized carbons (Fsp3) is 0. The molecule has 0 spiro atoms. The van der Waals surface area contributed by atoms with Gasteiger partial charge in [-0.3, -0.25) is 4.79 Å². The highest BCUT2D eigenvalue weighted by molar-refractivity contribution is 9.10. The molecule has 1 aromatic rings. The topological polar surface area (TPSA) is 17.1 Å². The van der Waals surface area contributed by atoms with Crippen LogP contribution in [0, 0.1) is 0 Å². The number of allylic oxidation sites excluding steroid dienone is 1. The van der Waals surface area contributed by atoms with Crippen molar-refractivity contribution >= 4 is 49.4 Å². The molecule has 0 bridgehead atoms. The Morgan fingerprint density at radius 2 is 1.77 bits per heavy atom. The van der Waals surface area contributed by atoms with E-state index in [1.165, 1.54) is 6.08 Å². The predicted octanol–water partition coefficient (Wildman–Crippen LogP) is 3.79. The van der Waals surface area contributed by atoms with Crippen LogP contribution in [-0.2, 0) is 4.79 Å². The van der Waals surface area contributed by atoms with Gasteiger partial charge in [-0.1, -0.05) is 39.7 Å². The molecule has 0 heterocycles. The number of rotatable bonds is 2. The van der Waals surface area contributed by atoms with Crippen LogP contribution in [0.1, 0.15) is 5.56 Å². The molecule has 0 aromatic heterocycles. The zero-order valence-corrected chi connectivity index (χ0v) is 9.53. The van der Waals surface area contributed by atoms with E-state index in [1.807, 2.05) is 12.1 Å². The zero-order valence-electron chi connectivity index (χ0n) is 6.43. The second-order valence-corrected chi connectivity index (χ2v) is 4.00. The van der Waals surface area contributed by atoms with E-state index < -0.39 is 5.24 Å². The molecule has 0 aliphatic rings. The van der Waals surface area contributed by atoms with Gasteiger partial charge in [0.2, 0.25) is 5.24 Å². The summed E-state index contributed by atoms with van der Waals surface area (Å²) in [5, 5.41) is -0.236. The summed E-state index contributed by atoms with van der Waals surface area (Å²) in [5.41, 5.74) is 0.763. The molecule has 1 nitrogen and oxygen atoms in total. The van der Waals surface area contributed by atoms with E-state index in [1.54, 1.807) is 12.1 Å². The first-order valence-electron chi connectivity index (χ1n) is 3.42. The molecular formula is C9H5BrCl2O. The van der Waals surface area contributed by atoms with Crippen LogP contribution in [0.25, 0.3) is 5.03 Å². The van der Waals surface area contributed by atoms with Crippen molar-refractivity contribution in [2.75, 3.05) is 0 Å². The summed E-state index contributed by atoms with van der Waals surface area (Å²) in [6, 6.07) is 7.26. The number of hydrogen-bond acceptors (Lipinski definition) is 1. The molecule has 0 saturated carbocycles. The second kappa shape index (κ2) is 4.80. The zero-order chi connectivity index (χ0) is 9.84. The molecule has 0 atom stereocenters. The molecule has 0 aliphatic carbocycles. The lowest BCUT2D eigenvalue weighted by Crippen LogP contribution is -1.81. The SMILES string of the molecule is O=C(Cl)C=C(Cl)c1ccc(Br)cc1. The average molecular weight is 280 g/mol. The third-order valence-corrected chi connectivity index (χ3v) is 2.33. The molecule has 1 aromatic carbocycles. The third-order valence-electron chi connectivity index (χ3n) is 1.36. The van der Waals surface area contributed by atoms with Crippen LogP contribution < -0.4 is 0 Å². The van der Waals surface area contributed by atoms with Gasteiger partial charge in [-0.25, -0.2) is 0 Å². The summed E-state index contributed by atoms with van der Waals surface area (Å²) in [6.07, 6.45) is 1.17. The molecule has 4 heteroatoms. The minimum absolute atomic E-state index is 0.340. The van der Waals surface area contributed by atoms with Gasteiger partial charge in [0.1, 0.15) is 0 Å². The van der Waals surface area contributed by atoms with Gasteiger partial charge in [0.25, 0.3) is 0 Å². The van der Waals surface area contributed by atoms with Crippen LogP contribution in [0.4, 0.5) is 0 Å². The lowest BCUT2D eigenvalue weighted by Gasteiger charge is -1.97. The maximum Gasteiger partial charge on any atom is 0.246 e. The van der Waals surface area contributed by atoms with Gasteiger partial charge >= 0.3 is 0 Å². The van der Waals surface area contributed by atoms with Crippen molar-refractivity contribution < 1.29 is 4.79 Å². The van der Waals surface area contributed by atoms with E-state index >= 15 is 0 Å². The molecule has 1 rings (SSSR count). The summed E-state index contributed by atoms with van der Waals surface area (Å²) >= 11 is 14.2. The molecule has 13 heavy (non-hydrogen) atoms. The number of hydrogen-bond donors (Lipinski definition) is 0. The summed E-state index contributed by atoms with van der Waals surface area (Å²) in [5.74, 6) is 0. The normalized spacial score (nSPS) is 11.5. The molecule has 0 amide bonds. The van der Waals surface area contributed by atoms with Gasteiger partial charge < -0.3 is 0 Å². The smallest absolute Gasteiger partial charge is 0.246 e. The van der Waals surface area contributed by atoms with E-state index in [0.717, 1.165) is 10.0 Å². The van der Waals surface area contributed by atoms with Crippen molar-refractivity contribution in [3.05, 3.63) is 40.4 Å². The Kier molecular flexibility index (Phi) is 3.97. The van der Waals surface area contributed by atoms with E-state index in [0.29, 0.717) is 5.03 Å². The van der Waals surface area contributed by atoms with Crippen LogP contribution in [0.5, 0.6) is 0 Å². The highest BCUT2D eigenvalue weighted by Gasteiger charge is 1.99. The van der Waals surface area contributed by atoms with Gasteiger partial charge in [0, 0.05) is 10.5 Å². The largest absolute Gasteiger partial charge is 0.276 e. The minimum atomic E-state index is -0.576. The fourth-order valence-electron chi connectivity index (χ4n) is 0.792. The molecular weight excluding hydrogens is 275 g/mol. The van der Waals surface area contributed by atoms with E-state index in [4.69, 9.17) is 23.2 Å². The van der Waals surface area contributed by atoms with E-state index in [2.05, 4.69) is 15.9 Å². The molecule has 0 saturated heterocycles. The van der Waals surface area contributed by atoms with Crippen LogP contribution in [-0.4, -0.2) is 5.24 Å². The minimum Gasteiger partial charge on any atom is -0.276 e. The van der Waals surface area contributed by atoms with Crippen LogP contribution >= 0.6 is 39.1 Å². The second-order valence-electron chi connectivity index (χ2n) is 2.30. The molecule has 68 valence electrons. The standard InChI is InChI=1S/C9H5BrCl2O/c10-7-3-1-6(2-4-7)8(11)5-9(12)13/h1-5H. The molecule has 0 N–H and O–H groups in total. The lowest BCUT2D eigenvalue weighted by atomic mass is 10.2. The first-order valence-corrected chi connectivity index (χ1v) is 4.97. The fourth-order valence-corrected chi connectivity index (χ4v) is 1.45. The van der Waals surface area contributed by atoms with Crippen molar-refractivity contribution in [1.82, 2.24) is 0 Å². The van der Waals surface area contributed by atoms with Gasteiger partial charge in [0.05, 0.1) is 5.03 Å². The average Bonchev–Trinajstić information content (AvgIpc) is 2.04. The van der Waals surface area contributed by atoms with Crippen molar-refractivity contribution in [3.63, 3.8) is 0 Å². The maximum absolute atomic E-state index is 10.5. The van der Waals surface area contributed by atoms with Gasteiger partial charge in [-0.05, 0) is 29.3 Å². The van der Waals surface area contributed by atoms with Crippen molar-refractivity contribution in [3.8, 4) is 0 Å². The Balaban J connectivity index is 2.96. The Labute approximate surface area is 94.5 Å². The number of halogens is 3. The van der Waals surface area contributed by atoms with E-state index in [-0.39, 0.29) is 0 Å². The van der Waals surface area contributed by atoms with Gasteiger partial charge in [-0.15, -0.1) is 0 Å². The van der Waals surface area contributed by atoms with Crippen molar-refractivity contribution in [2.45, 2.75) is 0 Å². The summed E-state index contributed by atoms with van der Waals surface area (Å²) < 4.78 is 0.956. The molecule has 0 radical (unpaired) electrons. The summed E-state index contributed by atoms with van der Waals surface area (Å²) in [4.78, 5) is 10.5. The molecule has 0 fully saturated rings.